The second-order valence-corrected chi connectivity index (χ2v) is 12.6. The van der Waals surface area contributed by atoms with Crippen LogP contribution in [0.3, 0.4) is 0 Å². The van der Waals surface area contributed by atoms with Gasteiger partial charge in [0.05, 0.1) is 46.1 Å². The zero-order chi connectivity index (χ0) is 35.8. The Morgan fingerprint density at radius 2 is 1.60 bits per heavy atom. The molecule has 4 aromatic carbocycles. The average molecular weight is 702 g/mol. The lowest BCUT2D eigenvalue weighted by atomic mass is 9.65. The third-order valence-corrected chi connectivity index (χ3v) is 9.79. The zero-order valence-electron chi connectivity index (χ0n) is 28.7. The summed E-state index contributed by atoms with van der Waals surface area (Å²) in [5.41, 5.74) is 4.70. The zero-order valence-corrected chi connectivity index (χ0v) is 28.7. The highest BCUT2D eigenvalue weighted by Crippen LogP contribution is 2.56. The van der Waals surface area contributed by atoms with Gasteiger partial charge in [0.1, 0.15) is 18.1 Å². The van der Waals surface area contributed by atoms with Crippen LogP contribution in [0.5, 0.6) is 34.5 Å². The molecule has 1 saturated heterocycles. The lowest BCUT2D eigenvalue weighted by Gasteiger charge is -2.39. The number of nitrogens with zero attached hydrogens (tertiary/aromatic N) is 3. The first-order chi connectivity index (χ1) is 25.4. The molecule has 0 N–H and O–H groups in total. The molecule has 0 bridgehead atoms. The summed E-state index contributed by atoms with van der Waals surface area (Å²) in [5, 5.41) is 8.97. The van der Waals surface area contributed by atoms with Crippen LogP contribution in [0.1, 0.15) is 50.3 Å². The molecule has 0 amide bonds. The number of hydrogen-bond acceptors (Lipinski definition) is 11. The molecule has 0 unspecified atom stereocenters. The SMILES string of the molecule is COc1cc([C@@H]2c3cc4c(cc3[C@@H](n3cc(COc5ccc(/C=C/C(=O)c6ccccc6)cc5)nn3)[C@H]3COC(=O)[C@H]23)OCO4)cc(OC)c1OC. The van der Waals surface area contributed by atoms with Crippen LogP contribution in [0.15, 0.2) is 91.1 Å². The third-order valence-electron chi connectivity index (χ3n) is 9.79. The maximum absolute atomic E-state index is 13.6. The normalized spacial score (nSPS) is 19.9. The minimum absolute atomic E-state index is 0.0635. The molecule has 1 fully saturated rings. The number of carbonyl (C=O) groups is 2. The summed E-state index contributed by atoms with van der Waals surface area (Å²) in [6, 6.07) is 23.8. The van der Waals surface area contributed by atoms with Crippen molar-refractivity contribution >= 4 is 17.8 Å². The van der Waals surface area contributed by atoms with Crippen molar-refractivity contribution in [3.8, 4) is 34.5 Å². The lowest BCUT2D eigenvalue weighted by Crippen LogP contribution is -2.37. The Labute approximate surface area is 299 Å². The topological polar surface area (TPSA) is 129 Å². The minimum atomic E-state index is -0.555. The molecule has 264 valence electrons. The van der Waals surface area contributed by atoms with Crippen LogP contribution in [0, 0.1) is 11.8 Å². The Kier molecular flexibility index (Phi) is 8.71. The fourth-order valence-electron chi connectivity index (χ4n) is 7.37. The summed E-state index contributed by atoms with van der Waals surface area (Å²) < 4.78 is 42.2. The van der Waals surface area contributed by atoms with Gasteiger partial charge < -0.3 is 33.2 Å². The Morgan fingerprint density at radius 1 is 0.885 bits per heavy atom. The third kappa shape index (κ3) is 5.95. The molecule has 12 nitrogen and oxygen atoms in total. The molecule has 0 spiro atoms. The largest absolute Gasteiger partial charge is 0.493 e. The number of benzene rings is 4. The van der Waals surface area contributed by atoms with Crippen molar-refractivity contribution in [2.45, 2.75) is 18.6 Å². The van der Waals surface area contributed by atoms with Crippen LogP contribution in [-0.4, -0.2) is 61.5 Å². The van der Waals surface area contributed by atoms with E-state index in [0.717, 1.165) is 22.3 Å². The number of allylic oxidation sites excluding steroid dienone is 1. The predicted molar refractivity (Wildman–Crippen MR) is 187 cm³/mol. The quantitative estimate of drug-likeness (QED) is 0.0909. The molecule has 52 heavy (non-hydrogen) atoms. The number of methoxy groups -OCH3 is 3. The van der Waals surface area contributed by atoms with Crippen molar-refractivity contribution in [3.05, 3.63) is 125 Å². The highest BCUT2D eigenvalue weighted by molar-refractivity contribution is 6.06. The molecule has 4 atom stereocenters. The second-order valence-electron chi connectivity index (χ2n) is 12.6. The Bertz CT molecular complexity index is 2140. The van der Waals surface area contributed by atoms with E-state index in [1.807, 2.05) is 72.9 Å². The van der Waals surface area contributed by atoms with Gasteiger partial charge in [-0.15, -0.1) is 5.10 Å². The van der Waals surface area contributed by atoms with E-state index in [2.05, 4.69) is 10.3 Å². The van der Waals surface area contributed by atoms with Crippen molar-refractivity contribution < 1.29 is 42.7 Å². The van der Waals surface area contributed by atoms with Gasteiger partial charge in [0.2, 0.25) is 12.5 Å². The summed E-state index contributed by atoms with van der Waals surface area (Å²) >= 11 is 0. The van der Waals surface area contributed by atoms with E-state index in [1.165, 1.54) is 0 Å². The standard InChI is InChI=1S/C40H35N3O9/c1-46-34-15-25(16-35(47-2)39(34)48-3)36-28-17-32-33(52-22-51-32)18-29(28)38(30-21-50-40(45)37(30)36)43-19-26(41-42-43)20-49-27-12-9-23(10-13-27)11-14-31(44)24-7-5-4-6-8-24/h4-19,30,36-38H,20-22H2,1-3H3/b14-11+/t30-,36+,37-,38+/m0/s1. The average Bonchev–Trinajstić information content (AvgIpc) is 3.95. The van der Waals surface area contributed by atoms with Crippen molar-refractivity contribution in [1.82, 2.24) is 15.0 Å². The molecular weight excluding hydrogens is 666 g/mol. The summed E-state index contributed by atoms with van der Waals surface area (Å²) in [6.45, 7) is 0.465. The first-order valence-corrected chi connectivity index (χ1v) is 16.8. The molecule has 8 rings (SSSR count). The Morgan fingerprint density at radius 3 is 2.29 bits per heavy atom. The fraction of sp³-hybridized carbons (Fsp3) is 0.250. The number of carbonyl (C=O) groups excluding carboxylic acids is 2. The van der Waals surface area contributed by atoms with Crippen LogP contribution in [0.2, 0.25) is 0 Å². The van der Waals surface area contributed by atoms with E-state index in [-0.39, 0.29) is 37.7 Å². The number of rotatable bonds is 11. The first-order valence-electron chi connectivity index (χ1n) is 16.8. The monoisotopic (exact) mass is 701 g/mol. The summed E-state index contributed by atoms with van der Waals surface area (Å²) in [5.74, 6) is 1.64. The second kappa shape index (κ2) is 13.8. The molecule has 3 aliphatic rings. The van der Waals surface area contributed by atoms with Gasteiger partial charge in [-0.1, -0.05) is 53.8 Å². The number of ketones is 1. The van der Waals surface area contributed by atoms with Gasteiger partial charge in [0.25, 0.3) is 0 Å². The maximum Gasteiger partial charge on any atom is 0.310 e. The number of cyclic esters (lactones) is 1. The number of hydrogen-bond donors (Lipinski definition) is 0. The summed E-state index contributed by atoms with van der Waals surface area (Å²) in [4.78, 5) is 26.1. The molecule has 0 saturated carbocycles. The Hall–Kier alpha value is -6.30. The Balaban J connectivity index is 1.07. The molecular formula is C40H35N3O9. The predicted octanol–water partition coefficient (Wildman–Crippen LogP) is 6.03. The van der Waals surface area contributed by atoms with Gasteiger partial charge in [-0.2, -0.15) is 0 Å². The van der Waals surface area contributed by atoms with Crippen LogP contribution in [0.4, 0.5) is 0 Å². The number of ether oxygens (including phenoxy) is 7. The molecule has 1 aromatic heterocycles. The maximum atomic E-state index is 13.6. The van der Waals surface area contributed by atoms with Gasteiger partial charge in [-0.3, -0.25) is 9.59 Å². The first kappa shape index (κ1) is 32.9. The van der Waals surface area contributed by atoms with Crippen molar-refractivity contribution in [2.24, 2.45) is 11.8 Å². The molecule has 5 aromatic rings. The van der Waals surface area contributed by atoms with Gasteiger partial charge in [0.15, 0.2) is 28.8 Å². The van der Waals surface area contributed by atoms with E-state index in [9.17, 15) is 9.59 Å². The van der Waals surface area contributed by atoms with Crippen LogP contribution in [0.25, 0.3) is 6.08 Å². The molecule has 12 heteroatoms. The van der Waals surface area contributed by atoms with Gasteiger partial charge in [-0.05, 0) is 64.7 Å². The van der Waals surface area contributed by atoms with Crippen LogP contribution in [-0.2, 0) is 16.1 Å². The van der Waals surface area contributed by atoms with Crippen molar-refractivity contribution in [3.63, 3.8) is 0 Å². The lowest BCUT2D eigenvalue weighted by molar-refractivity contribution is -0.141. The van der Waals surface area contributed by atoms with E-state index in [0.29, 0.717) is 45.8 Å². The van der Waals surface area contributed by atoms with E-state index in [1.54, 1.807) is 50.3 Å². The molecule has 2 aliphatic heterocycles. The highest BCUT2D eigenvalue weighted by atomic mass is 16.7. The van der Waals surface area contributed by atoms with Crippen molar-refractivity contribution in [1.29, 1.82) is 0 Å². The number of esters is 1. The van der Waals surface area contributed by atoms with Crippen LogP contribution >= 0.6 is 0 Å². The fourth-order valence-corrected chi connectivity index (χ4v) is 7.37. The van der Waals surface area contributed by atoms with Gasteiger partial charge in [-0.25, -0.2) is 4.68 Å². The number of fused-ring (bicyclic) bond motifs is 3. The smallest absolute Gasteiger partial charge is 0.310 e. The molecule has 3 heterocycles. The molecule has 1 aliphatic carbocycles. The van der Waals surface area contributed by atoms with E-state index in [4.69, 9.17) is 33.2 Å². The summed E-state index contributed by atoms with van der Waals surface area (Å²) in [7, 11) is 4.68. The summed E-state index contributed by atoms with van der Waals surface area (Å²) in [6.07, 6.45) is 5.17. The molecule has 0 radical (unpaired) electrons. The van der Waals surface area contributed by atoms with Gasteiger partial charge in [0, 0.05) is 17.4 Å². The van der Waals surface area contributed by atoms with Crippen LogP contribution < -0.4 is 28.4 Å². The minimum Gasteiger partial charge on any atom is -0.493 e. The van der Waals surface area contributed by atoms with Gasteiger partial charge >= 0.3 is 5.97 Å². The van der Waals surface area contributed by atoms with E-state index < -0.39 is 17.9 Å². The number of aromatic nitrogens is 3. The van der Waals surface area contributed by atoms with E-state index >= 15 is 0 Å². The highest BCUT2D eigenvalue weighted by Gasteiger charge is 2.53. The van der Waals surface area contributed by atoms with Crippen molar-refractivity contribution in [2.75, 3.05) is 34.7 Å².